The van der Waals surface area contributed by atoms with Gasteiger partial charge in [0.1, 0.15) is 0 Å². The lowest BCUT2D eigenvalue weighted by Gasteiger charge is -2.35. The van der Waals surface area contributed by atoms with Crippen molar-refractivity contribution in [3.63, 3.8) is 0 Å². The molecule has 1 aliphatic rings. The van der Waals surface area contributed by atoms with Gasteiger partial charge in [-0.2, -0.15) is 0 Å². The van der Waals surface area contributed by atoms with Gasteiger partial charge in [0.05, 0.1) is 0 Å². The lowest BCUT2D eigenvalue weighted by atomic mass is 9.70. The maximum atomic E-state index is 10.4. The summed E-state index contributed by atoms with van der Waals surface area (Å²) in [5, 5.41) is 30.3. The summed E-state index contributed by atoms with van der Waals surface area (Å²) in [7, 11) is 0. The SMILES string of the molecule is CC(C)=CCC[C@@H](CO)[C@@H]1CC[C@@H](C)c2c1cc(C)c(O)c2O. The Labute approximate surface area is 139 Å². The molecule has 0 fully saturated rings. The van der Waals surface area contributed by atoms with E-state index in [1.807, 2.05) is 13.0 Å². The van der Waals surface area contributed by atoms with E-state index in [0.717, 1.165) is 36.8 Å². The summed E-state index contributed by atoms with van der Waals surface area (Å²) in [6.07, 6.45) is 6.14. The fraction of sp³-hybridized carbons (Fsp3) is 0.600. The molecule has 0 amide bonds. The maximum absolute atomic E-state index is 10.4. The Balaban J connectivity index is 2.35. The molecule has 0 aromatic heterocycles. The number of benzene rings is 1. The van der Waals surface area contributed by atoms with Gasteiger partial charge < -0.3 is 15.3 Å². The van der Waals surface area contributed by atoms with Crippen molar-refractivity contribution in [2.75, 3.05) is 6.61 Å². The lowest BCUT2D eigenvalue weighted by molar-refractivity contribution is 0.185. The average Bonchev–Trinajstić information content (AvgIpc) is 2.50. The van der Waals surface area contributed by atoms with Crippen LogP contribution in [0.15, 0.2) is 17.7 Å². The van der Waals surface area contributed by atoms with Gasteiger partial charge in [0.15, 0.2) is 11.5 Å². The summed E-state index contributed by atoms with van der Waals surface area (Å²) >= 11 is 0. The molecule has 3 N–H and O–H groups in total. The fourth-order valence-corrected chi connectivity index (χ4v) is 3.88. The summed E-state index contributed by atoms with van der Waals surface area (Å²) in [5.41, 5.74) is 4.01. The number of hydrogen-bond acceptors (Lipinski definition) is 3. The Bertz CT molecular complexity index is 585. The minimum Gasteiger partial charge on any atom is -0.504 e. The van der Waals surface area contributed by atoms with E-state index in [4.69, 9.17) is 0 Å². The summed E-state index contributed by atoms with van der Waals surface area (Å²) < 4.78 is 0. The highest BCUT2D eigenvalue weighted by Crippen LogP contribution is 2.50. The number of fused-ring (bicyclic) bond motifs is 1. The molecule has 1 aliphatic carbocycles. The van der Waals surface area contributed by atoms with Crippen LogP contribution in [0.4, 0.5) is 0 Å². The summed E-state index contributed by atoms with van der Waals surface area (Å²) in [4.78, 5) is 0. The molecule has 0 unspecified atom stereocenters. The third-order valence-electron chi connectivity index (χ3n) is 5.23. The van der Waals surface area contributed by atoms with Crippen molar-refractivity contribution in [2.45, 2.75) is 65.2 Å². The van der Waals surface area contributed by atoms with E-state index in [1.165, 1.54) is 5.57 Å². The van der Waals surface area contributed by atoms with Gasteiger partial charge in [-0.25, -0.2) is 0 Å². The van der Waals surface area contributed by atoms with Crippen LogP contribution in [-0.2, 0) is 0 Å². The number of aliphatic hydroxyl groups excluding tert-OH is 1. The fourth-order valence-electron chi connectivity index (χ4n) is 3.88. The van der Waals surface area contributed by atoms with Crippen molar-refractivity contribution in [2.24, 2.45) is 5.92 Å². The van der Waals surface area contributed by atoms with Crippen molar-refractivity contribution in [3.05, 3.63) is 34.4 Å². The molecular formula is C20H30O3. The Hall–Kier alpha value is -1.48. The molecule has 2 rings (SSSR count). The first-order valence-corrected chi connectivity index (χ1v) is 8.66. The van der Waals surface area contributed by atoms with Crippen LogP contribution in [0.5, 0.6) is 11.5 Å². The van der Waals surface area contributed by atoms with Gasteiger partial charge in [-0.3, -0.25) is 0 Å². The molecule has 1 aromatic rings. The molecule has 0 heterocycles. The highest BCUT2D eigenvalue weighted by molar-refractivity contribution is 5.56. The highest BCUT2D eigenvalue weighted by atomic mass is 16.3. The van der Waals surface area contributed by atoms with E-state index in [-0.39, 0.29) is 35.9 Å². The molecule has 0 bridgehead atoms. The van der Waals surface area contributed by atoms with Crippen molar-refractivity contribution in [1.29, 1.82) is 0 Å². The zero-order valence-electron chi connectivity index (χ0n) is 14.8. The Morgan fingerprint density at radius 1 is 1.26 bits per heavy atom. The number of aliphatic hydroxyl groups is 1. The first kappa shape index (κ1) is 17.9. The van der Waals surface area contributed by atoms with Crippen LogP contribution in [-0.4, -0.2) is 21.9 Å². The Morgan fingerprint density at radius 2 is 1.96 bits per heavy atom. The van der Waals surface area contributed by atoms with E-state index in [2.05, 4.69) is 26.8 Å². The van der Waals surface area contributed by atoms with Crippen LogP contribution in [0.1, 0.15) is 75.0 Å². The minimum atomic E-state index is 0.00124. The molecule has 0 spiro atoms. The van der Waals surface area contributed by atoms with Crippen molar-refractivity contribution in [3.8, 4) is 11.5 Å². The monoisotopic (exact) mass is 318 g/mol. The molecule has 3 nitrogen and oxygen atoms in total. The van der Waals surface area contributed by atoms with Crippen LogP contribution in [0.25, 0.3) is 0 Å². The molecule has 0 radical (unpaired) electrons. The van der Waals surface area contributed by atoms with Gasteiger partial charge in [-0.05, 0) is 75.3 Å². The normalized spacial score (nSPS) is 21.6. The first-order chi connectivity index (χ1) is 10.9. The van der Waals surface area contributed by atoms with Gasteiger partial charge in [0.25, 0.3) is 0 Å². The Kier molecular flexibility index (Phi) is 5.74. The van der Waals surface area contributed by atoms with Crippen molar-refractivity contribution < 1.29 is 15.3 Å². The van der Waals surface area contributed by atoms with E-state index in [1.54, 1.807) is 0 Å². The average molecular weight is 318 g/mol. The smallest absolute Gasteiger partial charge is 0.161 e. The molecule has 1 aromatic carbocycles. The van der Waals surface area contributed by atoms with E-state index >= 15 is 0 Å². The van der Waals surface area contributed by atoms with Crippen molar-refractivity contribution >= 4 is 0 Å². The predicted octanol–water partition coefficient (Wildman–Crippen LogP) is 4.74. The van der Waals surface area contributed by atoms with Gasteiger partial charge in [0.2, 0.25) is 0 Å². The van der Waals surface area contributed by atoms with Crippen LogP contribution in [0.3, 0.4) is 0 Å². The zero-order chi connectivity index (χ0) is 17.1. The number of hydrogen-bond donors (Lipinski definition) is 3. The molecule has 3 heteroatoms. The summed E-state index contributed by atoms with van der Waals surface area (Å²) in [5.74, 6) is 0.728. The third-order valence-corrected chi connectivity index (χ3v) is 5.23. The largest absolute Gasteiger partial charge is 0.504 e. The lowest BCUT2D eigenvalue weighted by Crippen LogP contribution is -2.23. The predicted molar refractivity (Wildman–Crippen MR) is 94.1 cm³/mol. The number of phenols is 2. The molecule has 0 saturated carbocycles. The molecule has 128 valence electrons. The minimum absolute atomic E-state index is 0.00124. The summed E-state index contributed by atoms with van der Waals surface area (Å²) in [6, 6.07) is 2.01. The maximum Gasteiger partial charge on any atom is 0.161 e. The number of allylic oxidation sites excluding steroid dienone is 2. The molecule has 0 saturated heterocycles. The van der Waals surface area contributed by atoms with Gasteiger partial charge >= 0.3 is 0 Å². The van der Waals surface area contributed by atoms with Crippen LogP contribution >= 0.6 is 0 Å². The molecule has 23 heavy (non-hydrogen) atoms. The highest BCUT2D eigenvalue weighted by Gasteiger charge is 2.33. The second kappa shape index (κ2) is 7.39. The van der Waals surface area contributed by atoms with E-state index < -0.39 is 0 Å². The van der Waals surface area contributed by atoms with Crippen molar-refractivity contribution in [1.82, 2.24) is 0 Å². The van der Waals surface area contributed by atoms with Gasteiger partial charge in [-0.15, -0.1) is 0 Å². The number of aromatic hydroxyl groups is 2. The molecular weight excluding hydrogens is 288 g/mol. The quantitative estimate of drug-likeness (QED) is 0.543. The van der Waals surface area contributed by atoms with Crippen LogP contribution < -0.4 is 0 Å². The number of phenolic OH excluding ortho intramolecular Hbond substituents is 2. The van der Waals surface area contributed by atoms with Gasteiger partial charge in [-0.1, -0.05) is 24.6 Å². The van der Waals surface area contributed by atoms with Crippen LogP contribution in [0, 0.1) is 12.8 Å². The van der Waals surface area contributed by atoms with Gasteiger partial charge in [0, 0.05) is 12.2 Å². The van der Waals surface area contributed by atoms with E-state index in [9.17, 15) is 15.3 Å². The number of rotatable bonds is 5. The van der Waals surface area contributed by atoms with Crippen LogP contribution in [0.2, 0.25) is 0 Å². The summed E-state index contributed by atoms with van der Waals surface area (Å²) in [6.45, 7) is 8.27. The van der Waals surface area contributed by atoms with E-state index in [0.29, 0.717) is 5.56 Å². The topological polar surface area (TPSA) is 60.7 Å². The third kappa shape index (κ3) is 3.72. The standard InChI is InChI=1S/C20H30O3/c1-12(2)6-5-7-15(11-21)16-9-8-13(3)18-17(16)10-14(4)19(22)20(18)23/h6,10,13,15-16,21-23H,5,7-9,11H2,1-4H3/t13-,15+,16+/m1/s1. The molecule has 3 atom stereocenters. The zero-order valence-corrected chi connectivity index (χ0v) is 14.8. The second-order valence-electron chi connectivity index (χ2n) is 7.28. The first-order valence-electron chi connectivity index (χ1n) is 8.66. The number of aryl methyl sites for hydroxylation is 1. The molecule has 0 aliphatic heterocycles. The Morgan fingerprint density at radius 3 is 2.57 bits per heavy atom. The second-order valence-corrected chi connectivity index (χ2v) is 7.28.